The molecule has 1 heteroatoms. The van der Waals surface area contributed by atoms with E-state index in [0.29, 0.717) is 0 Å². The van der Waals surface area contributed by atoms with Gasteiger partial charge in [-0.05, 0) is 59.2 Å². The number of allylic oxidation sites excluding steroid dienone is 1. The van der Waals surface area contributed by atoms with Gasteiger partial charge in [0.25, 0.3) is 0 Å². The maximum Gasteiger partial charge on any atom is -0.00149 e. The predicted molar refractivity (Wildman–Crippen MR) is 128 cm³/mol. The van der Waals surface area contributed by atoms with Crippen molar-refractivity contribution >= 4 is 14.0 Å². The van der Waals surface area contributed by atoms with Crippen LogP contribution in [0.5, 0.6) is 0 Å². The average Bonchev–Trinajstić information content (AvgIpc) is 3.17. The molecule has 0 unspecified atom stereocenters. The minimum Gasteiger partial charge on any atom is -0.0794 e. The molecule has 150 valence electrons. The number of benzene rings is 2. The highest BCUT2D eigenvalue weighted by Gasteiger charge is 2.22. The van der Waals surface area contributed by atoms with Crippen molar-refractivity contribution in [3.8, 4) is 11.1 Å². The fourth-order valence-corrected chi connectivity index (χ4v) is 7.00. The fraction of sp³-hybridized carbons (Fsp3) is 0.481. The van der Waals surface area contributed by atoms with E-state index in [-0.39, 0.29) is 7.92 Å². The number of rotatable bonds is 12. The third kappa shape index (κ3) is 5.81. The Bertz CT molecular complexity index is 732. The molecule has 0 saturated carbocycles. The molecule has 0 radical (unpaired) electrons. The molecule has 0 nitrogen and oxygen atoms in total. The lowest BCUT2D eigenvalue weighted by Gasteiger charge is -2.19. The van der Waals surface area contributed by atoms with Crippen LogP contribution in [-0.2, 0) is 6.42 Å². The van der Waals surface area contributed by atoms with Gasteiger partial charge in [0.2, 0.25) is 0 Å². The summed E-state index contributed by atoms with van der Waals surface area (Å²) < 4.78 is 0. The minimum atomic E-state index is 0.0385. The quantitative estimate of drug-likeness (QED) is 0.250. The Morgan fingerprint density at radius 2 is 1.39 bits per heavy atom. The number of hydrogen-bond acceptors (Lipinski definition) is 0. The van der Waals surface area contributed by atoms with Crippen LogP contribution in [0.15, 0.2) is 53.8 Å². The third-order valence-electron chi connectivity index (χ3n) is 5.93. The number of unbranched alkanes of at least 4 members (excludes halogenated alkanes) is 6. The van der Waals surface area contributed by atoms with Crippen molar-refractivity contribution in [2.75, 3.05) is 12.3 Å². The number of hydrogen-bond donors (Lipinski definition) is 0. The van der Waals surface area contributed by atoms with Crippen LogP contribution in [0.4, 0.5) is 0 Å². The average molecular weight is 393 g/mol. The van der Waals surface area contributed by atoms with Crippen LogP contribution in [0, 0.1) is 0 Å². The second kappa shape index (κ2) is 11.6. The molecule has 0 amide bonds. The Balaban J connectivity index is 1.75. The maximum absolute atomic E-state index is 2.59. The van der Waals surface area contributed by atoms with E-state index in [0.717, 1.165) is 0 Å². The molecule has 1 aliphatic carbocycles. The van der Waals surface area contributed by atoms with Gasteiger partial charge in [-0.3, -0.25) is 0 Å². The lowest BCUT2D eigenvalue weighted by atomic mass is 9.97. The lowest BCUT2D eigenvalue weighted by Crippen LogP contribution is -1.96. The zero-order valence-electron chi connectivity index (χ0n) is 17.9. The van der Waals surface area contributed by atoms with Gasteiger partial charge in [0, 0.05) is 0 Å². The molecule has 28 heavy (non-hydrogen) atoms. The summed E-state index contributed by atoms with van der Waals surface area (Å²) in [6.45, 7) is 4.63. The standard InChI is InChI=1S/C27H37P/c1-3-5-7-12-19-28(20-13-8-6-4-2)25-21-24-17-14-18-26(27(24)22-25)23-15-10-9-11-16-23/h9-11,14-18,22H,3-8,12-13,19-21H2,1-2H3. The van der Waals surface area contributed by atoms with E-state index < -0.39 is 0 Å². The Labute approximate surface area is 174 Å². The first kappa shape index (κ1) is 21.3. The zero-order chi connectivity index (χ0) is 19.6. The first-order valence-electron chi connectivity index (χ1n) is 11.5. The second-order valence-corrected chi connectivity index (χ2v) is 10.7. The lowest BCUT2D eigenvalue weighted by molar-refractivity contribution is 0.696. The highest BCUT2D eigenvalue weighted by Crippen LogP contribution is 2.52. The van der Waals surface area contributed by atoms with Crippen LogP contribution in [0.25, 0.3) is 17.2 Å². The third-order valence-corrected chi connectivity index (χ3v) is 8.74. The van der Waals surface area contributed by atoms with Gasteiger partial charge in [-0.25, -0.2) is 0 Å². The second-order valence-electron chi connectivity index (χ2n) is 8.17. The van der Waals surface area contributed by atoms with Crippen molar-refractivity contribution in [1.82, 2.24) is 0 Å². The van der Waals surface area contributed by atoms with E-state index in [9.17, 15) is 0 Å². The van der Waals surface area contributed by atoms with Crippen LogP contribution in [-0.4, -0.2) is 12.3 Å². The van der Waals surface area contributed by atoms with Crippen LogP contribution >= 0.6 is 7.92 Å². The summed E-state index contributed by atoms with van der Waals surface area (Å²) in [4.78, 5) is 0. The van der Waals surface area contributed by atoms with Gasteiger partial charge in [-0.1, -0.05) is 115 Å². The van der Waals surface area contributed by atoms with Gasteiger partial charge >= 0.3 is 0 Å². The van der Waals surface area contributed by atoms with Crippen molar-refractivity contribution in [1.29, 1.82) is 0 Å². The molecule has 0 saturated heterocycles. The van der Waals surface area contributed by atoms with Crippen LogP contribution in [0.2, 0.25) is 0 Å². The number of fused-ring (bicyclic) bond motifs is 1. The minimum absolute atomic E-state index is 0.0385. The summed E-state index contributed by atoms with van der Waals surface area (Å²) in [6, 6.07) is 17.8. The molecule has 0 fully saturated rings. The SMILES string of the molecule is CCCCCCP(CCCCCC)C1=Cc2c(cccc2-c2ccccc2)C1. The van der Waals surface area contributed by atoms with Gasteiger partial charge in [0.05, 0.1) is 0 Å². The van der Waals surface area contributed by atoms with E-state index in [1.807, 2.05) is 0 Å². The fourth-order valence-electron chi connectivity index (χ4n) is 4.28. The van der Waals surface area contributed by atoms with Gasteiger partial charge < -0.3 is 0 Å². The maximum atomic E-state index is 2.59. The molecule has 3 rings (SSSR count). The monoisotopic (exact) mass is 392 g/mol. The highest BCUT2D eigenvalue weighted by molar-refractivity contribution is 7.62. The molecule has 0 bridgehead atoms. The van der Waals surface area contributed by atoms with Crippen LogP contribution < -0.4 is 0 Å². The Hall–Kier alpha value is -1.39. The molecular weight excluding hydrogens is 355 g/mol. The topological polar surface area (TPSA) is 0 Å². The van der Waals surface area contributed by atoms with Gasteiger partial charge in [0.1, 0.15) is 0 Å². The largest absolute Gasteiger partial charge is 0.0794 e. The zero-order valence-corrected chi connectivity index (χ0v) is 18.8. The van der Waals surface area contributed by atoms with Crippen LogP contribution in [0.3, 0.4) is 0 Å². The summed E-state index contributed by atoms with van der Waals surface area (Å²) in [5.74, 6) is 0. The van der Waals surface area contributed by atoms with E-state index >= 15 is 0 Å². The van der Waals surface area contributed by atoms with Crippen LogP contribution in [0.1, 0.15) is 76.3 Å². The molecule has 2 aromatic rings. The molecule has 0 N–H and O–H groups in total. The first-order chi connectivity index (χ1) is 13.8. The van der Waals surface area contributed by atoms with Crippen molar-refractivity contribution in [2.24, 2.45) is 0 Å². The van der Waals surface area contributed by atoms with Crippen molar-refractivity contribution in [2.45, 2.75) is 71.6 Å². The normalized spacial score (nSPS) is 13.0. The van der Waals surface area contributed by atoms with E-state index in [1.165, 1.54) is 86.8 Å². The summed E-state index contributed by atoms with van der Waals surface area (Å²) in [6.07, 6.45) is 17.8. The Morgan fingerprint density at radius 1 is 0.714 bits per heavy atom. The van der Waals surface area contributed by atoms with Gasteiger partial charge in [0.15, 0.2) is 0 Å². The smallest absolute Gasteiger partial charge is 0.00149 e. The van der Waals surface area contributed by atoms with Gasteiger partial charge in [-0.2, -0.15) is 0 Å². The molecular formula is C27H37P. The highest BCUT2D eigenvalue weighted by atomic mass is 31.1. The Kier molecular flexibility index (Phi) is 8.81. The van der Waals surface area contributed by atoms with Crippen molar-refractivity contribution in [3.63, 3.8) is 0 Å². The molecule has 0 aliphatic heterocycles. The van der Waals surface area contributed by atoms with E-state index in [1.54, 1.807) is 10.9 Å². The van der Waals surface area contributed by atoms with Gasteiger partial charge in [-0.15, -0.1) is 0 Å². The summed E-state index contributed by atoms with van der Waals surface area (Å²) in [5, 5.41) is 1.77. The van der Waals surface area contributed by atoms with E-state index in [2.05, 4.69) is 68.5 Å². The molecule has 0 atom stereocenters. The molecule has 2 aromatic carbocycles. The molecule has 1 aliphatic rings. The first-order valence-corrected chi connectivity index (χ1v) is 13.2. The Morgan fingerprint density at radius 3 is 2.04 bits per heavy atom. The molecule has 0 spiro atoms. The molecule has 0 heterocycles. The van der Waals surface area contributed by atoms with E-state index in [4.69, 9.17) is 0 Å². The van der Waals surface area contributed by atoms with Crippen molar-refractivity contribution < 1.29 is 0 Å². The van der Waals surface area contributed by atoms with Crippen molar-refractivity contribution in [3.05, 3.63) is 65.0 Å². The predicted octanol–water partition coefficient (Wildman–Crippen LogP) is 8.89. The molecule has 0 aromatic heterocycles. The summed E-state index contributed by atoms with van der Waals surface area (Å²) in [7, 11) is 0.0385. The summed E-state index contributed by atoms with van der Waals surface area (Å²) >= 11 is 0. The summed E-state index contributed by atoms with van der Waals surface area (Å²) in [5.41, 5.74) is 5.82.